The molecule has 0 aliphatic rings. The molecule has 0 atom stereocenters. The van der Waals surface area contributed by atoms with Crippen molar-refractivity contribution in [2.75, 3.05) is 5.32 Å². The van der Waals surface area contributed by atoms with Gasteiger partial charge in [0, 0.05) is 16.8 Å². The van der Waals surface area contributed by atoms with Gasteiger partial charge in [0.25, 0.3) is 0 Å². The van der Waals surface area contributed by atoms with E-state index in [1.807, 2.05) is 0 Å². The maximum Gasteiger partial charge on any atom is 0.140 e. The van der Waals surface area contributed by atoms with Crippen LogP contribution in [0.1, 0.15) is 26.3 Å². The van der Waals surface area contributed by atoms with Crippen molar-refractivity contribution in [1.29, 1.82) is 0 Å². The van der Waals surface area contributed by atoms with Crippen LogP contribution in [0.15, 0.2) is 60.7 Å². The topological polar surface area (TPSA) is 102 Å². The van der Waals surface area contributed by atoms with Gasteiger partial charge in [0.05, 0.1) is 22.6 Å². The van der Waals surface area contributed by atoms with Gasteiger partial charge in [0.1, 0.15) is 17.4 Å². The Kier molecular flexibility index (Phi) is 6.26. The number of carboxylic acid groups (broad SMARTS) is 2. The van der Waals surface area contributed by atoms with Gasteiger partial charge in [0.15, 0.2) is 0 Å². The number of carboxylic acids is 2. The second-order valence-corrected chi connectivity index (χ2v) is 6.71. The molecular formula is C21H13Cl2NO5-2. The van der Waals surface area contributed by atoms with E-state index in [1.165, 1.54) is 24.3 Å². The van der Waals surface area contributed by atoms with Crippen molar-refractivity contribution < 1.29 is 24.5 Å². The highest BCUT2D eigenvalue weighted by Gasteiger charge is 2.15. The highest BCUT2D eigenvalue weighted by atomic mass is 35.5. The maximum atomic E-state index is 11.3. The summed E-state index contributed by atoms with van der Waals surface area (Å²) in [7, 11) is 0. The van der Waals surface area contributed by atoms with E-state index in [2.05, 4.69) is 5.32 Å². The van der Waals surface area contributed by atoms with E-state index in [1.54, 1.807) is 36.4 Å². The van der Waals surface area contributed by atoms with Crippen molar-refractivity contribution in [2.24, 2.45) is 0 Å². The lowest BCUT2D eigenvalue weighted by molar-refractivity contribution is -0.256. The minimum Gasteiger partial charge on any atom is -0.545 e. The molecule has 0 spiro atoms. The van der Waals surface area contributed by atoms with Crippen molar-refractivity contribution in [3.05, 3.63) is 87.4 Å². The van der Waals surface area contributed by atoms with Crippen LogP contribution in [0, 0.1) is 0 Å². The second kappa shape index (κ2) is 8.86. The molecule has 3 rings (SSSR count). The molecule has 8 heteroatoms. The van der Waals surface area contributed by atoms with E-state index in [-0.39, 0.29) is 44.9 Å². The van der Waals surface area contributed by atoms with Crippen molar-refractivity contribution >= 4 is 46.5 Å². The highest BCUT2D eigenvalue weighted by molar-refractivity contribution is 6.40. The van der Waals surface area contributed by atoms with Crippen LogP contribution in [0.5, 0.6) is 5.75 Å². The zero-order valence-electron chi connectivity index (χ0n) is 14.8. The van der Waals surface area contributed by atoms with Crippen LogP contribution >= 0.6 is 23.2 Å². The normalized spacial score (nSPS) is 10.4. The third kappa shape index (κ3) is 4.62. The van der Waals surface area contributed by atoms with E-state index in [0.29, 0.717) is 5.56 Å². The first-order valence-corrected chi connectivity index (χ1v) is 9.11. The molecule has 0 unspecified atom stereocenters. The summed E-state index contributed by atoms with van der Waals surface area (Å²) in [5.41, 5.74) is 0.853. The van der Waals surface area contributed by atoms with Gasteiger partial charge in [-0.15, -0.1) is 0 Å². The van der Waals surface area contributed by atoms with E-state index in [9.17, 15) is 19.8 Å². The third-order valence-electron chi connectivity index (χ3n) is 4.08. The first-order valence-electron chi connectivity index (χ1n) is 8.36. The molecule has 0 fully saturated rings. The Balaban J connectivity index is 1.89. The minimum absolute atomic E-state index is 0.0128. The molecule has 0 radical (unpaired) electrons. The first kappa shape index (κ1) is 20.5. The largest absolute Gasteiger partial charge is 0.545 e. The number of anilines is 2. The van der Waals surface area contributed by atoms with Gasteiger partial charge in [-0.05, 0) is 23.8 Å². The molecule has 3 aromatic carbocycles. The van der Waals surface area contributed by atoms with Gasteiger partial charge in [-0.25, -0.2) is 0 Å². The molecule has 0 saturated carbocycles. The van der Waals surface area contributed by atoms with Gasteiger partial charge in [0.2, 0.25) is 0 Å². The standard InChI is InChI=1S/C21H15Cl2NO5/c22-15-9-10-17(29-11-12-5-1-2-6-13(12)20(25)26)18(23)19(15)24-16-8-4-3-7-14(16)21(27)28/h1-10,24H,11H2,(H,25,26)(H,27,28)/p-2. The number of benzene rings is 3. The predicted octanol–water partition coefficient (Wildman–Crippen LogP) is 3.04. The molecule has 0 aromatic heterocycles. The van der Waals surface area contributed by atoms with E-state index in [0.717, 1.165) is 0 Å². The molecule has 0 bridgehead atoms. The SMILES string of the molecule is O=C([O-])c1ccccc1COc1ccc(Cl)c(Nc2ccccc2C(=O)[O-])c1Cl. The number of halogens is 2. The number of hydrogen-bond donors (Lipinski definition) is 1. The smallest absolute Gasteiger partial charge is 0.140 e. The van der Waals surface area contributed by atoms with E-state index < -0.39 is 11.9 Å². The number of para-hydroxylation sites is 1. The average Bonchev–Trinajstić information content (AvgIpc) is 2.71. The number of carbonyl (C=O) groups excluding carboxylic acids is 2. The lowest BCUT2D eigenvalue weighted by Gasteiger charge is -2.17. The van der Waals surface area contributed by atoms with Gasteiger partial charge >= 0.3 is 0 Å². The Morgan fingerprint density at radius 3 is 2.17 bits per heavy atom. The number of carbonyl (C=O) groups is 2. The molecule has 0 aliphatic carbocycles. The summed E-state index contributed by atoms with van der Waals surface area (Å²) in [6, 6.07) is 15.5. The van der Waals surface area contributed by atoms with Crippen LogP contribution in [0.2, 0.25) is 10.0 Å². The molecule has 0 aliphatic heterocycles. The molecule has 29 heavy (non-hydrogen) atoms. The van der Waals surface area contributed by atoms with Crippen LogP contribution in [-0.2, 0) is 6.61 Å². The quantitative estimate of drug-likeness (QED) is 0.619. The summed E-state index contributed by atoms with van der Waals surface area (Å²) in [4.78, 5) is 22.5. The molecule has 148 valence electrons. The minimum atomic E-state index is -1.35. The lowest BCUT2D eigenvalue weighted by atomic mass is 10.1. The Morgan fingerprint density at radius 1 is 0.862 bits per heavy atom. The average molecular weight is 430 g/mol. The second-order valence-electron chi connectivity index (χ2n) is 5.93. The van der Waals surface area contributed by atoms with Crippen LogP contribution in [0.25, 0.3) is 0 Å². The van der Waals surface area contributed by atoms with Crippen molar-refractivity contribution in [2.45, 2.75) is 6.61 Å². The van der Waals surface area contributed by atoms with Crippen LogP contribution < -0.4 is 20.3 Å². The first-order chi connectivity index (χ1) is 13.9. The molecule has 3 aromatic rings. The number of ether oxygens (including phenoxy) is 1. The Labute approximate surface area is 176 Å². The molecule has 6 nitrogen and oxygen atoms in total. The highest BCUT2D eigenvalue weighted by Crippen LogP contribution is 2.40. The number of hydrogen-bond acceptors (Lipinski definition) is 6. The van der Waals surface area contributed by atoms with Gasteiger partial charge < -0.3 is 29.9 Å². The third-order valence-corrected chi connectivity index (χ3v) is 4.77. The number of aromatic carboxylic acids is 2. The Morgan fingerprint density at radius 2 is 1.48 bits per heavy atom. The fraction of sp³-hybridized carbons (Fsp3) is 0.0476. The van der Waals surface area contributed by atoms with Crippen molar-refractivity contribution in [1.82, 2.24) is 0 Å². The Hall–Kier alpha value is -3.22. The lowest BCUT2D eigenvalue weighted by Crippen LogP contribution is -2.24. The van der Waals surface area contributed by atoms with E-state index in [4.69, 9.17) is 27.9 Å². The fourth-order valence-electron chi connectivity index (χ4n) is 2.67. The van der Waals surface area contributed by atoms with Crippen LogP contribution in [-0.4, -0.2) is 11.9 Å². The zero-order chi connectivity index (χ0) is 21.0. The van der Waals surface area contributed by atoms with Crippen LogP contribution in [0.3, 0.4) is 0 Å². The van der Waals surface area contributed by atoms with Crippen molar-refractivity contribution in [3.8, 4) is 5.75 Å². The molecule has 0 amide bonds. The summed E-state index contributed by atoms with van der Waals surface area (Å²) in [5.74, 6) is -2.43. The van der Waals surface area contributed by atoms with Crippen LogP contribution in [0.4, 0.5) is 11.4 Å². The fourth-order valence-corrected chi connectivity index (χ4v) is 3.18. The molecule has 0 saturated heterocycles. The van der Waals surface area contributed by atoms with Gasteiger partial charge in [-0.3, -0.25) is 0 Å². The van der Waals surface area contributed by atoms with Gasteiger partial charge in [-0.2, -0.15) is 0 Å². The van der Waals surface area contributed by atoms with E-state index >= 15 is 0 Å². The summed E-state index contributed by atoms with van der Waals surface area (Å²) < 4.78 is 5.67. The maximum absolute atomic E-state index is 11.3. The van der Waals surface area contributed by atoms with Crippen molar-refractivity contribution in [3.63, 3.8) is 0 Å². The molecule has 0 heterocycles. The zero-order valence-corrected chi connectivity index (χ0v) is 16.3. The summed E-state index contributed by atoms with van der Waals surface area (Å²) in [6.45, 7) is -0.0689. The van der Waals surface area contributed by atoms with Gasteiger partial charge in [-0.1, -0.05) is 65.7 Å². The summed E-state index contributed by atoms with van der Waals surface area (Å²) >= 11 is 12.6. The number of nitrogens with one attached hydrogen (secondary N) is 1. The number of rotatable bonds is 7. The Bertz CT molecular complexity index is 1080. The summed E-state index contributed by atoms with van der Waals surface area (Å²) in [5, 5.41) is 25.8. The predicted molar refractivity (Wildman–Crippen MR) is 106 cm³/mol. The summed E-state index contributed by atoms with van der Waals surface area (Å²) in [6.07, 6.45) is 0. The molecular weight excluding hydrogens is 417 g/mol. The monoisotopic (exact) mass is 429 g/mol. The molecule has 1 N–H and O–H groups in total.